The summed E-state index contributed by atoms with van der Waals surface area (Å²) in [5, 5.41) is 0. The lowest BCUT2D eigenvalue weighted by Crippen LogP contribution is -2.41. The van der Waals surface area contributed by atoms with Crippen molar-refractivity contribution >= 4 is 16.3 Å². The van der Waals surface area contributed by atoms with Crippen LogP contribution in [0.2, 0.25) is 0 Å². The molecule has 0 aliphatic carbocycles. The molecule has 0 saturated carbocycles. The first-order valence-electron chi connectivity index (χ1n) is 5.49. The highest BCUT2D eigenvalue weighted by Gasteiger charge is 2.20. The highest BCUT2D eigenvalue weighted by atomic mass is 32.2. The lowest BCUT2D eigenvalue weighted by molar-refractivity contribution is 0.177. The predicted octanol–water partition coefficient (Wildman–Crippen LogP) is 0.178. The second-order valence-electron chi connectivity index (χ2n) is 3.88. The maximum atomic E-state index is 11.7. The zero-order valence-electron chi connectivity index (χ0n) is 10.8. The summed E-state index contributed by atoms with van der Waals surface area (Å²) in [6.45, 7) is 0.505. The number of nitrogens with zero attached hydrogens (tertiary/aromatic N) is 1. The van der Waals surface area contributed by atoms with Gasteiger partial charge in [-0.1, -0.05) is 24.3 Å². The van der Waals surface area contributed by atoms with E-state index in [1.807, 2.05) is 12.1 Å². The molecule has 3 N–H and O–H groups in total. The lowest BCUT2D eigenvalue weighted by atomic mass is 10.1. The van der Waals surface area contributed by atoms with Gasteiger partial charge in [0.1, 0.15) is 0 Å². The first-order valence-corrected chi connectivity index (χ1v) is 6.93. The van der Waals surface area contributed by atoms with Gasteiger partial charge in [-0.05, 0) is 11.1 Å². The Balaban J connectivity index is 2.78. The summed E-state index contributed by atoms with van der Waals surface area (Å²) < 4.78 is 30.5. The Kier molecular flexibility index (Phi) is 5.28. The summed E-state index contributed by atoms with van der Waals surface area (Å²) in [7, 11) is -1.46. The average molecular weight is 287 g/mol. The Morgan fingerprint density at radius 1 is 1.42 bits per heavy atom. The first-order chi connectivity index (χ1) is 8.89. The minimum atomic E-state index is -3.91. The van der Waals surface area contributed by atoms with Crippen molar-refractivity contribution in [2.75, 3.05) is 14.2 Å². The highest BCUT2D eigenvalue weighted by Crippen LogP contribution is 2.09. The van der Waals surface area contributed by atoms with E-state index in [4.69, 9.17) is 5.73 Å². The molecule has 0 atom stereocenters. The van der Waals surface area contributed by atoms with Crippen molar-refractivity contribution in [2.24, 2.45) is 5.73 Å². The van der Waals surface area contributed by atoms with Gasteiger partial charge in [0.2, 0.25) is 0 Å². The van der Waals surface area contributed by atoms with E-state index in [1.165, 1.54) is 7.05 Å². The average Bonchev–Trinajstić information content (AvgIpc) is 2.38. The van der Waals surface area contributed by atoms with Gasteiger partial charge in [0.15, 0.2) is 0 Å². The molecule has 1 rings (SSSR count). The Hall–Kier alpha value is -1.64. The van der Waals surface area contributed by atoms with E-state index in [0.29, 0.717) is 6.54 Å². The molecule has 1 amide bonds. The molecule has 0 radical (unpaired) electrons. The zero-order valence-corrected chi connectivity index (χ0v) is 11.6. The van der Waals surface area contributed by atoms with E-state index in [0.717, 1.165) is 22.5 Å². The van der Waals surface area contributed by atoms with Gasteiger partial charge in [0.05, 0.1) is 7.11 Å². The number of carbonyl (C=O) groups is 1. The summed E-state index contributed by atoms with van der Waals surface area (Å²) in [6, 6.07) is 7.24. The highest BCUT2D eigenvalue weighted by molar-refractivity contribution is 7.87. The van der Waals surface area contributed by atoms with E-state index in [2.05, 4.69) is 4.74 Å². The Bertz CT molecular complexity index is 545. The number of carbonyl (C=O) groups excluding carboxylic acids is 1. The normalized spacial score (nSPS) is 11.4. The molecular weight excluding hydrogens is 270 g/mol. The standard InChI is InChI=1S/C11H17N3O4S/c1-14(19(16,17)13-11(15)18-2)8-10-5-3-4-9(6-10)7-12/h3-6H,7-8,12H2,1-2H3,(H,13,15). The molecular formula is C11H17N3O4S. The van der Waals surface area contributed by atoms with Crippen molar-refractivity contribution in [3.8, 4) is 0 Å². The Morgan fingerprint density at radius 3 is 2.63 bits per heavy atom. The molecule has 0 aromatic heterocycles. The second kappa shape index (κ2) is 6.50. The molecule has 0 bridgehead atoms. The van der Waals surface area contributed by atoms with Gasteiger partial charge in [-0.2, -0.15) is 12.7 Å². The molecule has 0 fully saturated rings. The van der Waals surface area contributed by atoms with Crippen LogP contribution in [-0.4, -0.2) is 33.0 Å². The van der Waals surface area contributed by atoms with Crippen LogP contribution in [0.4, 0.5) is 4.79 Å². The summed E-state index contributed by atoms with van der Waals surface area (Å²) in [5.41, 5.74) is 7.20. The molecule has 0 heterocycles. The number of amides is 1. The number of benzene rings is 1. The van der Waals surface area contributed by atoms with Crippen molar-refractivity contribution in [2.45, 2.75) is 13.1 Å². The molecule has 8 heteroatoms. The molecule has 7 nitrogen and oxygen atoms in total. The minimum Gasteiger partial charge on any atom is -0.452 e. The molecule has 0 aliphatic heterocycles. The van der Waals surface area contributed by atoms with Gasteiger partial charge in [-0.3, -0.25) is 0 Å². The van der Waals surface area contributed by atoms with Gasteiger partial charge in [-0.15, -0.1) is 0 Å². The number of nitrogens with two attached hydrogens (primary N) is 1. The molecule has 0 spiro atoms. The summed E-state index contributed by atoms with van der Waals surface area (Å²) >= 11 is 0. The summed E-state index contributed by atoms with van der Waals surface area (Å²) in [4.78, 5) is 10.9. The number of methoxy groups -OCH3 is 1. The van der Waals surface area contributed by atoms with Crippen LogP contribution in [0.25, 0.3) is 0 Å². The maximum Gasteiger partial charge on any atom is 0.421 e. The van der Waals surface area contributed by atoms with Gasteiger partial charge in [-0.25, -0.2) is 9.52 Å². The molecule has 1 aromatic carbocycles. The SMILES string of the molecule is COC(=O)NS(=O)(=O)N(C)Cc1cccc(CN)c1. The van der Waals surface area contributed by atoms with Gasteiger partial charge in [0.25, 0.3) is 0 Å². The molecule has 0 unspecified atom stereocenters. The van der Waals surface area contributed by atoms with E-state index in [1.54, 1.807) is 16.9 Å². The van der Waals surface area contributed by atoms with E-state index >= 15 is 0 Å². The van der Waals surface area contributed by atoms with Crippen LogP contribution in [0.15, 0.2) is 24.3 Å². The number of hydrogen-bond acceptors (Lipinski definition) is 5. The molecule has 0 aliphatic rings. The van der Waals surface area contributed by atoms with Crippen LogP contribution >= 0.6 is 0 Å². The molecule has 0 saturated heterocycles. The van der Waals surface area contributed by atoms with Gasteiger partial charge in [0, 0.05) is 20.1 Å². The van der Waals surface area contributed by atoms with Crippen LogP contribution in [0, 0.1) is 0 Å². The lowest BCUT2D eigenvalue weighted by Gasteiger charge is -2.17. The van der Waals surface area contributed by atoms with Crippen LogP contribution in [0.3, 0.4) is 0 Å². The van der Waals surface area contributed by atoms with Crippen molar-refractivity contribution in [3.05, 3.63) is 35.4 Å². The third-order valence-electron chi connectivity index (χ3n) is 2.44. The molecule has 1 aromatic rings. The quantitative estimate of drug-likeness (QED) is 0.804. The maximum absolute atomic E-state index is 11.7. The van der Waals surface area contributed by atoms with Crippen LogP contribution in [-0.2, 0) is 28.0 Å². The van der Waals surface area contributed by atoms with Crippen LogP contribution < -0.4 is 10.5 Å². The number of hydrogen-bond donors (Lipinski definition) is 2. The van der Waals surface area contributed by atoms with E-state index in [9.17, 15) is 13.2 Å². The Morgan fingerprint density at radius 2 is 2.05 bits per heavy atom. The molecule has 106 valence electrons. The fraction of sp³-hybridized carbons (Fsp3) is 0.364. The Labute approximate surface area is 112 Å². The van der Waals surface area contributed by atoms with Gasteiger partial charge >= 0.3 is 16.3 Å². The zero-order chi connectivity index (χ0) is 14.5. The van der Waals surface area contributed by atoms with Crippen molar-refractivity contribution in [1.82, 2.24) is 9.03 Å². The first kappa shape index (κ1) is 15.4. The van der Waals surface area contributed by atoms with Crippen molar-refractivity contribution in [3.63, 3.8) is 0 Å². The topological polar surface area (TPSA) is 102 Å². The van der Waals surface area contributed by atoms with Gasteiger partial charge < -0.3 is 10.5 Å². The minimum absolute atomic E-state index is 0.125. The largest absolute Gasteiger partial charge is 0.452 e. The predicted molar refractivity (Wildman–Crippen MR) is 70.3 cm³/mol. The van der Waals surface area contributed by atoms with Crippen molar-refractivity contribution < 1.29 is 17.9 Å². The van der Waals surface area contributed by atoms with E-state index < -0.39 is 16.3 Å². The number of ether oxygens (including phenoxy) is 1. The fourth-order valence-electron chi connectivity index (χ4n) is 1.42. The fourth-order valence-corrected chi connectivity index (χ4v) is 2.19. The smallest absolute Gasteiger partial charge is 0.421 e. The van der Waals surface area contributed by atoms with E-state index in [-0.39, 0.29) is 6.54 Å². The summed E-state index contributed by atoms with van der Waals surface area (Å²) in [5.74, 6) is 0. The van der Waals surface area contributed by atoms with Crippen LogP contribution in [0.1, 0.15) is 11.1 Å². The second-order valence-corrected chi connectivity index (χ2v) is 5.66. The monoisotopic (exact) mass is 287 g/mol. The van der Waals surface area contributed by atoms with Crippen LogP contribution in [0.5, 0.6) is 0 Å². The third kappa shape index (κ3) is 4.51. The number of nitrogens with one attached hydrogen (secondary N) is 1. The molecule has 19 heavy (non-hydrogen) atoms. The third-order valence-corrected chi connectivity index (χ3v) is 3.81. The van der Waals surface area contributed by atoms with Crippen molar-refractivity contribution in [1.29, 1.82) is 0 Å². The summed E-state index contributed by atoms with van der Waals surface area (Å²) in [6.07, 6.45) is -1.03. The number of rotatable bonds is 5.